The molecule has 0 aliphatic rings. The van der Waals surface area contributed by atoms with Gasteiger partial charge in [0, 0.05) is 0 Å². The fraction of sp³-hybridized carbons (Fsp3) is 1.00. The first kappa shape index (κ1) is 53.0. The van der Waals surface area contributed by atoms with Crippen LogP contribution in [-0.2, 0) is 0 Å². The summed E-state index contributed by atoms with van der Waals surface area (Å²) < 4.78 is 0. The summed E-state index contributed by atoms with van der Waals surface area (Å²) in [5, 5.41) is 8.93. The topological polar surface area (TPSA) is 31.9 Å². The van der Waals surface area contributed by atoms with Crippen LogP contribution in [-0.4, -0.2) is 47.9 Å². The lowest BCUT2D eigenvalue weighted by Gasteiger charge is -2.06. The second-order valence-electron chi connectivity index (χ2n) is 14.8. The lowest BCUT2D eigenvalue weighted by atomic mass is 10.0. The number of hydrogen-bond donors (Lipinski definition) is 2. The third kappa shape index (κ3) is 62.9. The number of hydrogen-bond acceptors (Lipinski definition) is 1. The first-order chi connectivity index (χ1) is 22.0. The average molecular weight is 678 g/mol. The van der Waals surface area contributed by atoms with Crippen LogP contribution < -0.4 is 27.3 Å². The highest BCUT2D eigenvalue weighted by atomic mass is 35.5. The van der Waals surface area contributed by atoms with Crippen LogP contribution in [0.1, 0.15) is 226 Å². The molecule has 0 radical (unpaired) electrons. The van der Waals surface area contributed by atoms with Gasteiger partial charge in [0.2, 0.25) is 0 Å². The van der Waals surface area contributed by atoms with Crippen molar-refractivity contribution >= 4 is 0 Å². The molecule has 0 aromatic carbocycles. The SMILES string of the molecule is CCCCCCCCCCCCCCCCCC[NH+](C)C.CCCCCCCCCCCCCCCCCC[NH+](C)C.CC[O-].[Cl-]. The van der Waals surface area contributed by atoms with E-state index in [0.717, 1.165) is 0 Å². The van der Waals surface area contributed by atoms with Crippen molar-refractivity contribution in [2.24, 2.45) is 0 Å². The second kappa shape index (κ2) is 52.0. The normalized spacial score (nSPS) is 10.8. The van der Waals surface area contributed by atoms with E-state index < -0.39 is 0 Å². The second-order valence-corrected chi connectivity index (χ2v) is 14.8. The highest BCUT2D eigenvalue weighted by molar-refractivity contribution is 4.51. The van der Waals surface area contributed by atoms with Gasteiger partial charge in [-0.05, 0) is 25.7 Å². The smallest absolute Gasteiger partial charge is 0.0766 e. The molecule has 0 atom stereocenters. The lowest BCUT2D eigenvalue weighted by Crippen LogP contribution is -3.05. The number of quaternary nitrogens is 2. The van der Waals surface area contributed by atoms with E-state index in [1.165, 1.54) is 219 Å². The summed E-state index contributed by atoms with van der Waals surface area (Å²) in [6, 6.07) is 0. The van der Waals surface area contributed by atoms with Crippen LogP contribution in [0.4, 0.5) is 0 Å². The maximum atomic E-state index is 8.93. The van der Waals surface area contributed by atoms with E-state index in [9.17, 15) is 0 Å². The summed E-state index contributed by atoms with van der Waals surface area (Å²) in [7, 11) is 9.02. The lowest BCUT2D eigenvalue weighted by molar-refractivity contribution is -0.858. The van der Waals surface area contributed by atoms with Gasteiger partial charge in [0.25, 0.3) is 0 Å². The van der Waals surface area contributed by atoms with Gasteiger partial charge >= 0.3 is 0 Å². The third-order valence-corrected chi connectivity index (χ3v) is 9.06. The van der Waals surface area contributed by atoms with E-state index in [0.29, 0.717) is 0 Å². The average Bonchev–Trinajstić information content (AvgIpc) is 3.01. The van der Waals surface area contributed by atoms with E-state index in [2.05, 4.69) is 42.0 Å². The minimum Gasteiger partial charge on any atom is -1.00 e. The molecule has 0 saturated carbocycles. The van der Waals surface area contributed by atoms with Crippen LogP contribution in [0.3, 0.4) is 0 Å². The molecule has 0 amide bonds. The summed E-state index contributed by atoms with van der Waals surface area (Å²) in [6.45, 7) is 8.85. The Morgan fingerprint density at radius 3 is 0.543 bits per heavy atom. The quantitative estimate of drug-likeness (QED) is 0.0697. The summed E-state index contributed by atoms with van der Waals surface area (Å²) in [5.41, 5.74) is 0. The van der Waals surface area contributed by atoms with Gasteiger partial charge in [0.05, 0.1) is 41.3 Å². The maximum absolute atomic E-state index is 8.93. The van der Waals surface area contributed by atoms with Gasteiger partial charge in [-0.2, -0.15) is 0 Å². The zero-order valence-electron chi connectivity index (χ0n) is 33.5. The number of halogens is 1. The van der Waals surface area contributed by atoms with Crippen LogP contribution in [0.5, 0.6) is 0 Å². The molecular formula is C42H93ClN2O. The molecule has 0 saturated heterocycles. The van der Waals surface area contributed by atoms with Gasteiger partial charge in [0.15, 0.2) is 0 Å². The molecule has 0 unspecified atom stereocenters. The highest BCUT2D eigenvalue weighted by Crippen LogP contribution is 2.15. The van der Waals surface area contributed by atoms with Gasteiger partial charge in [-0.3, -0.25) is 0 Å². The third-order valence-electron chi connectivity index (χ3n) is 9.06. The fourth-order valence-electron chi connectivity index (χ4n) is 6.05. The van der Waals surface area contributed by atoms with Crippen LogP contribution in [0.2, 0.25) is 0 Å². The van der Waals surface area contributed by atoms with Gasteiger partial charge in [-0.15, -0.1) is 6.61 Å². The Bertz CT molecular complexity index is 421. The van der Waals surface area contributed by atoms with Crippen molar-refractivity contribution in [3.8, 4) is 0 Å². The number of unbranched alkanes of at least 4 members (excludes halogenated alkanes) is 30. The molecule has 0 aliphatic heterocycles. The minimum absolute atomic E-state index is 0. The Hall–Kier alpha value is 0.170. The molecule has 0 bridgehead atoms. The Balaban J connectivity index is -0.000000346. The Morgan fingerprint density at radius 2 is 0.413 bits per heavy atom. The first-order valence-electron chi connectivity index (χ1n) is 21.1. The molecule has 0 fully saturated rings. The van der Waals surface area contributed by atoms with E-state index >= 15 is 0 Å². The van der Waals surface area contributed by atoms with E-state index in [1.807, 2.05) is 0 Å². The van der Waals surface area contributed by atoms with Crippen molar-refractivity contribution < 1.29 is 27.3 Å². The molecule has 0 rings (SSSR count). The van der Waals surface area contributed by atoms with Gasteiger partial charge in [0.1, 0.15) is 0 Å². The molecule has 3 nitrogen and oxygen atoms in total. The fourth-order valence-corrected chi connectivity index (χ4v) is 6.05. The zero-order valence-corrected chi connectivity index (χ0v) is 34.3. The van der Waals surface area contributed by atoms with Crippen molar-refractivity contribution in [2.75, 3.05) is 47.9 Å². The molecule has 0 aromatic heterocycles. The van der Waals surface area contributed by atoms with Crippen LogP contribution in [0.15, 0.2) is 0 Å². The zero-order chi connectivity index (χ0) is 33.9. The van der Waals surface area contributed by atoms with Gasteiger partial charge in [-0.1, -0.05) is 201 Å². The molecule has 4 heteroatoms. The molecule has 0 heterocycles. The predicted molar refractivity (Wildman–Crippen MR) is 205 cm³/mol. The molecule has 2 N–H and O–H groups in total. The van der Waals surface area contributed by atoms with Crippen molar-refractivity contribution in [1.82, 2.24) is 0 Å². The number of rotatable bonds is 34. The molecule has 46 heavy (non-hydrogen) atoms. The van der Waals surface area contributed by atoms with Crippen molar-refractivity contribution in [2.45, 2.75) is 226 Å². The molecule has 284 valence electrons. The molecule has 0 aromatic rings. The molecule has 0 aliphatic carbocycles. The summed E-state index contributed by atoms with van der Waals surface area (Å²) in [5.74, 6) is 0. The van der Waals surface area contributed by atoms with Crippen molar-refractivity contribution in [1.29, 1.82) is 0 Å². The summed E-state index contributed by atoms with van der Waals surface area (Å²) in [4.78, 5) is 3.20. The largest absolute Gasteiger partial charge is 1.00 e. The molecule has 0 spiro atoms. The highest BCUT2D eigenvalue weighted by Gasteiger charge is 1.97. The number of nitrogens with one attached hydrogen (secondary N) is 2. The molecular weight excluding hydrogens is 584 g/mol. The van der Waals surface area contributed by atoms with E-state index in [-0.39, 0.29) is 19.0 Å². The summed E-state index contributed by atoms with van der Waals surface area (Å²) >= 11 is 0. The Labute approximate surface area is 300 Å². The Kier molecular flexibility index (Phi) is 59.9. The first-order valence-corrected chi connectivity index (χ1v) is 21.1. The van der Waals surface area contributed by atoms with Crippen LogP contribution in [0, 0.1) is 0 Å². The van der Waals surface area contributed by atoms with E-state index in [1.54, 1.807) is 16.7 Å². The minimum atomic E-state index is 0. The standard InChI is InChI=1S/2C20H43N.C2H5O.ClH/c2*1-4-5-6-7-8-9-10-11-12-13-14-15-16-17-18-19-20-21(2)3;1-2-3;/h2*4-20H2,1-3H3;2H2,1H3;1H/q;;-1;/p+1. The maximum Gasteiger partial charge on any atom is 0.0766 e. The van der Waals surface area contributed by atoms with Crippen molar-refractivity contribution in [3.05, 3.63) is 0 Å². The van der Waals surface area contributed by atoms with Crippen LogP contribution >= 0.6 is 0 Å². The van der Waals surface area contributed by atoms with Crippen molar-refractivity contribution in [3.63, 3.8) is 0 Å². The Morgan fingerprint density at radius 1 is 0.283 bits per heavy atom. The van der Waals surface area contributed by atoms with E-state index in [4.69, 9.17) is 5.11 Å². The summed E-state index contributed by atoms with van der Waals surface area (Å²) in [6.07, 6.45) is 46.8. The van der Waals surface area contributed by atoms with Gasteiger partial charge in [-0.25, -0.2) is 0 Å². The van der Waals surface area contributed by atoms with Crippen LogP contribution in [0.25, 0.3) is 0 Å². The predicted octanol–water partition coefficient (Wildman–Crippen LogP) is 7.16. The van der Waals surface area contributed by atoms with Gasteiger partial charge < -0.3 is 27.3 Å². The monoisotopic (exact) mass is 677 g/mol.